The number of nitrogens with one attached hydrogen (secondary N) is 2. The largest absolute Gasteiger partial charge is 0.378 e. The number of hydrogen-bond acceptors (Lipinski definition) is 2. The maximum Gasteiger partial charge on any atom is 0.126 e. The van der Waals surface area contributed by atoms with Crippen molar-refractivity contribution in [2.24, 2.45) is 0 Å². The molecular formula is C15H13F2N3. The van der Waals surface area contributed by atoms with E-state index >= 15 is 0 Å². The fraction of sp³-hybridized carbons (Fsp3) is 0.133. The molecular weight excluding hydrogens is 260 g/mol. The number of anilines is 1. The van der Waals surface area contributed by atoms with Crippen LogP contribution in [-0.2, 0) is 0 Å². The number of aromatic nitrogens is 2. The van der Waals surface area contributed by atoms with E-state index in [0.717, 1.165) is 22.7 Å². The van der Waals surface area contributed by atoms with Crippen LogP contribution in [0.4, 0.5) is 14.5 Å². The van der Waals surface area contributed by atoms with E-state index in [1.807, 2.05) is 25.1 Å². The molecule has 3 nitrogen and oxygen atoms in total. The van der Waals surface area contributed by atoms with Crippen LogP contribution in [0.1, 0.15) is 18.5 Å². The van der Waals surface area contributed by atoms with Crippen LogP contribution < -0.4 is 5.32 Å². The van der Waals surface area contributed by atoms with Gasteiger partial charge in [-0.3, -0.25) is 5.10 Å². The van der Waals surface area contributed by atoms with Crippen LogP contribution in [0.5, 0.6) is 0 Å². The van der Waals surface area contributed by atoms with Crippen LogP contribution in [0.15, 0.2) is 42.6 Å². The number of rotatable bonds is 3. The smallest absolute Gasteiger partial charge is 0.126 e. The fourth-order valence-electron chi connectivity index (χ4n) is 2.24. The van der Waals surface area contributed by atoms with Crippen molar-refractivity contribution >= 4 is 16.6 Å². The van der Waals surface area contributed by atoms with Crippen LogP contribution in [0.2, 0.25) is 0 Å². The molecule has 0 saturated heterocycles. The second kappa shape index (κ2) is 4.92. The van der Waals surface area contributed by atoms with Gasteiger partial charge in [0, 0.05) is 23.2 Å². The van der Waals surface area contributed by atoms with Gasteiger partial charge in [0.2, 0.25) is 0 Å². The zero-order valence-electron chi connectivity index (χ0n) is 10.8. The molecule has 0 spiro atoms. The molecule has 0 aliphatic carbocycles. The van der Waals surface area contributed by atoms with E-state index in [-0.39, 0.29) is 6.04 Å². The molecule has 1 unspecified atom stereocenters. The molecule has 5 heteroatoms. The summed E-state index contributed by atoms with van der Waals surface area (Å²) >= 11 is 0. The van der Waals surface area contributed by atoms with Gasteiger partial charge < -0.3 is 5.32 Å². The standard InChI is InChI=1S/C15H13F2N3/c1-9(10-5-11(16)7-12(17)6-10)19-14-3-2-4-15-13(14)8-18-20-15/h2-9,19H,1H3,(H,18,20). The minimum absolute atomic E-state index is 0.222. The molecule has 0 radical (unpaired) electrons. The highest BCUT2D eigenvalue weighted by Crippen LogP contribution is 2.26. The second-order valence-electron chi connectivity index (χ2n) is 4.71. The van der Waals surface area contributed by atoms with Gasteiger partial charge in [0.1, 0.15) is 11.6 Å². The van der Waals surface area contributed by atoms with E-state index in [1.54, 1.807) is 6.20 Å². The lowest BCUT2D eigenvalue weighted by molar-refractivity contribution is 0.577. The maximum atomic E-state index is 13.2. The van der Waals surface area contributed by atoms with E-state index in [9.17, 15) is 8.78 Å². The molecule has 0 aliphatic heterocycles. The fourth-order valence-corrected chi connectivity index (χ4v) is 2.24. The zero-order valence-corrected chi connectivity index (χ0v) is 10.8. The van der Waals surface area contributed by atoms with Crippen molar-refractivity contribution in [3.63, 3.8) is 0 Å². The van der Waals surface area contributed by atoms with Gasteiger partial charge in [-0.1, -0.05) is 6.07 Å². The van der Waals surface area contributed by atoms with E-state index < -0.39 is 11.6 Å². The number of nitrogens with zero attached hydrogens (tertiary/aromatic N) is 1. The zero-order chi connectivity index (χ0) is 14.1. The lowest BCUT2D eigenvalue weighted by Gasteiger charge is -2.16. The highest BCUT2D eigenvalue weighted by Gasteiger charge is 2.10. The van der Waals surface area contributed by atoms with Crippen LogP contribution in [0.3, 0.4) is 0 Å². The van der Waals surface area contributed by atoms with Gasteiger partial charge in [0.25, 0.3) is 0 Å². The summed E-state index contributed by atoms with van der Waals surface area (Å²) in [5, 5.41) is 11.1. The normalized spacial score (nSPS) is 12.6. The molecule has 20 heavy (non-hydrogen) atoms. The Kier molecular flexibility index (Phi) is 3.10. The third-order valence-electron chi connectivity index (χ3n) is 3.24. The minimum Gasteiger partial charge on any atom is -0.378 e. The van der Waals surface area contributed by atoms with E-state index in [4.69, 9.17) is 0 Å². The van der Waals surface area contributed by atoms with Gasteiger partial charge in [-0.05, 0) is 36.8 Å². The first-order chi connectivity index (χ1) is 9.63. The topological polar surface area (TPSA) is 40.7 Å². The average Bonchev–Trinajstić information content (AvgIpc) is 2.87. The Labute approximate surface area is 114 Å². The number of benzene rings is 2. The van der Waals surface area contributed by atoms with Crippen molar-refractivity contribution in [2.75, 3.05) is 5.32 Å². The second-order valence-corrected chi connectivity index (χ2v) is 4.71. The quantitative estimate of drug-likeness (QED) is 0.756. The molecule has 2 aromatic carbocycles. The highest BCUT2D eigenvalue weighted by atomic mass is 19.1. The third-order valence-corrected chi connectivity index (χ3v) is 3.24. The minimum atomic E-state index is -0.574. The maximum absolute atomic E-state index is 13.2. The molecule has 0 aliphatic rings. The van der Waals surface area contributed by atoms with Crippen LogP contribution >= 0.6 is 0 Å². The number of hydrogen-bond donors (Lipinski definition) is 2. The van der Waals surface area contributed by atoms with Crippen molar-refractivity contribution in [1.82, 2.24) is 10.2 Å². The summed E-state index contributed by atoms with van der Waals surface area (Å²) < 4.78 is 26.5. The summed E-state index contributed by atoms with van der Waals surface area (Å²) in [6.07, 6.45) is 1.72. The summed E-state index contributed by atoms with van der Waals surface area (Å²) in [7, 11) is 0. The lowest BCUT2D eigenvalue weighted by atomic mass is 10.1. The third kappa shape index (κ3) is 2.34. The van der Waals surface area contributed by atoms with Crippen molar-refractivity contribution in [3.05, 3.63) is 59.8 Å². The summed E-state index contributed by atoms with van der Waals surface area (Å²) in [5.74, 6) is -1.15. The van der Waals surface area contributed by atoms with Gasteiger partial charge in [0.05, 0.1) is 11.7 Å². The van der Waals surface area contributed by atoms with Gasteiger partial charge in [-0.25, -0.2) is 8.78 Å². The predicted molar refractivity (Wildman–Crippen MR) is 74.5 cm³/mol. The molecule has 0 bridgehead atoms. The first-order valence-electron chi connectivity index (χ1n) is 6.28. The van der Waals surface area contributed by atoms with Crippen LogP contribution in [-0.4, -0.2) is 10.2 Å². The molecule has 102 valence electrons. The molecule has 0 fully saturated rings. The lowest BCUT2D eigenvalue weighted by Crippen LogP contribution is -2.07. The van der Waals surface area contributed by atoms with Gasteiger partial charge in [-0.2, -0.15) is 5.10 Å². The summed E-state index contributed by atoms with van der Waals surface area (Å²) in [5.41, 5.74) is 2.34. The van der Waals surface area contributed by atoms with Gasteiger partial charge >= 0.3 is 0 Å². The molecule has 1 atom stereocenters. The van der Waals surface area contributed by atoms with E-state index in [0.29, 0.717) is 5.56 Å². The molecule has 2 N–H and O–H groups in total. The summed E-state index contributed by atoms with van der Waals surface area (Å²) in [6.45, 7) is 1.85. The Hall–Kier alpha value is -2.43. The Bertz CT molecular complexity index is 731. The van der Waals surface area contributed by atoms with Crippen LogP contribution in [0, 0.1) is 11.6 Å². The van der Waals surface area contributed by atoms with Crippen molar-refractivity contribution < 1.29 is 8.78 Å². The SMILES string of the molecule is CC(Nc1cccc2[nH]ncc12)c1cc(F)cc(F)c1. The monoisotopic (exact) mass is 273 g/mol. The molecule has 0 saturated carbocycles. The average molecular weight is 273 g/mol. The van der Waals surface area contributed by atoms with Crippen molar-refractivity contribution in [1.29, 1.82) is 0 Å². The molecule has 1 aromatic heterocycles. The van der Waals surface area contributed by atoms with Crippen molar-refractivity contribution in [2.45, 2.75) is 13.0 Å². The van der Waals surface area contributed by atoms with Crippen molar-refractivity contribution in [3.8, 4) is 0 Å². The summed E-state index contributed by atoms with van der Waals surface area (Å²) in [4.78, 5) is 0. The first-order valence-corrected chi connectivity index (χ1v) is 6.28. The Morgan fingerprint density at radius 2 is 1.90 bits per heavy atom. The Morgan fingerprint density at radius 1 is 1.15 bits per heavy atom. The molecule has 0 amide bonds. The number of H-pyrrole nitrogens is 1. The molecule has 3 aromatic rings. The summed E-state index contributed by atoms with van der Waals surface area (Å²) in [6, 6.07) is 9.02. The number of fused-ring (bicyclic) bond motifs is 1. The number of aromatic amines is 1. The Morgan fingerprint density at radius 3 is 2.65 bits per heavy atom. The van der Waals surface area contributed by atoms with E-state index in [2.05, 4.69) is 15.5 Å². The van der Waals surface area contributed by atoms with Crippen LogP contribution in [0.25, 0.3) is 10.9 Å². The van der Waals surface area contributed by atoms with E-state index in [1.165, 1.54) is 12.1 Å². The number of halogens is 2. The predicted octanol–water partition coefficient (Wildman–Crippen LogP) is 4.01. The highest BCUT2D eigenvalue weighted by molar-refractivity contribution is 5.90. The molecule has 3 rings (SSSR count). The first kappa shape index (κ1) is 12.6. The van der Waals surface area contributed by atoms with Gasteiger partial charge in [-0.15, -0.1) is 0 Å². The van der Waals surface area contributed by atoms with Gasteiger partial charge in [0.15, 0.2) is 0 Å². The molecule has 1 heterocycles. The Balaban J connectivity index is 1.92.